The third-order valence-corrected chi connectivity index (χ3v) is 8.72. The minimum Gasteiger partial charge on any atom is -0.483 e. The number of aromatic nitrogens is 1. The van der Waals surface area contributed by atoms with Crippen LogP contribution in [0.25, 0.3) is 11.0 Å². The molecule has 10 nitrogen and oxygen atoms in total. The number of halogens is 2. The van der Waals surface area contributed by atoms with E-state index in [1.165, 1.54) is 23.5 Å². The van der Waals surface area contributed by atoms with Crippen LogP contribution in [0.5, 0.6) is 11.5 Å². The Kier molecular flexibility index (Phi) is 12.5. The van der Waals surface area contributed by atoms with E-state index in [-0.39, 0.29) is 65.0 Å². The number of rotatable bonds is 12. The molecule has 0 unspecified atom stereocenters. The zero-order valence-electron chi connectivity index (χ0n) is 28.2. The third-order valence-electron chi connectivity index (χ3n) is 7.48. The number of nitrogens with one attached hydrogen (secondary N) is 2. The molecule has 0 aliphatic rings. The highest BCUT2D eigenvalue weighted by Crippen LogP contribution is 2.29. The van der Waals surface area contributed by atoms with Crippen LogP contribution in [0.4, 0.5) is 11.4 Å². The fraction of sp³-hybridized carbons (Fsp3) is 0.0488. The van der Waals surface area contributed by atoms with E-state index in [0.29, 0.717) is 32.0 Å². The summed E-state index contributed by atoms with van der Waals surface area (Å²) < 4.78 is 16.8. The fourth-order valence-electron chi connectivity index (χ4n) is 5.01. The van der Waals surface area contributed by atoms with Gasteiger partial charge in [-0.15, -0.1) is 11.3 Å². The maximum absolute atomic E-state index is 13.0. The molecule has 0 aliphatic heterocycles. The van der Waals surface area contributed by atoms with Gasteiger partial charge in [0.05, 0.1) is 11.1 Å². The first-order valence-corrected chi connectivity index (χ1v) is 17.9. The summed E-state index contributed by atoms with van der Waals surface area (Å²) in [5.74, 6) is -0.622. The number of benzene rings is 5. The van der Waals surface area contributed by atoms with Gasteiger partial charge in [0.1, 0.15) is 17.1 Å². The highest BCUT2D eigenvalue weighted by Gasteiger charge is 2.21. The van der Waals surface area contributed by atoms with E-state index in [0.717, 1.165) is 5.39 Å². The van der Waals surface area contributed by atoms with Gasteiger partial charge in [-0.25, -0.2) is 4.98 Å². The Morgan fingerprint density at radius 1 is 0.630 bits per heavy atom. The van der Waals surface area contributed by atoms with Gasteiger partial charge in [-0.1, -0.05) is 77.8 Å². The van der Waals surface area contributed by atoms with E-state index >= 15 is 0 Å². The van der Waals surface area contributed by atoms with Crippen molar-refractivity contribution in [3.8, 4) is 11.5 Å². The molecule has 270 valence electrons. The van der Waals surface area contributed by atoms with E-state index in [2.05, 4.69) is 15.6 Å². The standard InChI is InChI=1S/C23H16ClNO4.C18H13ClN2O3S/c24-16-10-11-20(28-14-22(26)25-17-7-2-1-3-8-17)18(13-16)23(27)21-12-15-6-4-5-9-19(15)29-21;19-12-6-7-15(14(10-12)17(23)18-20-8-9-25-18)24-11-16(22)21-13-4-2-1-3-5-13/h1-13H,14H2,(H,25,26);1-10H,11H2,(H,21,22). The maximum atomic E-state index is 13.0. The molecule has 2 aromatic heterocycles. The van der Waals surface area contributed by atoms with Gasteiger partial charge in [-0.2, -0.15) is 0 Å². The molecule has 0 radical (unpaired) electrons. The molecular formula is C41H29Cl2N3O7S. The van der Waals surface area contributed by atoms with Crippen LogP contribution in [-0.4, -0.2) is 41.6 Å². The molecule has 0 saturated heterocycles. The number of anilines is 2. The Morgan fingerprint density at radius 2 is 1.15 bits per heavy atom. The average Bonchev–Trinajstić information content (AvgIpc) is 3.89. The number of thiazole rings is 1. The maximum Gasteiger partial charge on any atom is 0.262 e. The summed E-state index contributed by atoms with van der Waals surface area (Å²) in [7, 11) is 0. The van der Waals surface area contributed by atoms with E-state index in [1.807, 2.05) is 54.6 Å². The lowest BCUT2D eigenvalue weighted by atomic mass is 10.1. The van der Waals surface area contributed by atoms with Gasteiger partial charge in [0.15, 0.2) is 24.0 Å². The van der Waals surface area contributed by atoms with Crippen molar-refractivity contribution in [2.45, 2.75) is 0 Å². The molecule has 0 bridgehead atoms. The lowest BCUT2D eigenvalue weighted by molar-refractivity contribution is -0.118. The van der Waals surface area contributed by atoms with Gasteiger partial charge >= 0.3 is 0 Å². The van der Waals surface area contributed by atoms with E-state index in [4.69, 9.17) is 37.1 Å². The summed E-state index contributed by atoms with van der Waals surface area (Å²) in [5.41, 5.74) is 2.45. The lowest BCUT2D eigenvalue weighted by Gasteiger charge is -2.11. The second-order valence-corrected chi connectivity index (χ2v) is 13.1. The number of hydrogen-bond acceptors (Lipinski definition) is 9. The van der Waals surface area contributed by atoms with Crippen LogP contribution in [0.3, 0.4) is 0 Å². The minimum absolute atomic E-state index is 0.173. The summed E-state index contributed by atoms with van der Waals surface area (Å²) >= 11 is 13.3. The van der Waals surface area contributed by atoms with Gasteiger partial charge < -0.3 is 24.5 Å². The molecule has 7 aromatic rings. The number of fused-ring (bicyclic) bond motifs is 1. The van der Waals surface area contributed by atoms with Crippen LogP contribution in [0.2, 0.25) is 10.0 Å². The van der Waals surface area contributed by atoms with Crippen molar-refractivity contribution in [2.24, 2.45) is 0 Å². The molecule has 2 heterocycles. The number of ketones is 2. The largest absolute Gasteiger partial charge is 0.483 e. The number of carbonyl (C=O) groups is 4. The zero-order valence-corrected chi connectivity index (χ0v) is 30.5. The Morgan fingerprint density at radius 3 is 1.67 bits per heavy atom. The normalized spacial score (nSPS) is 10.5. The van der Waals surface area contributed by atoms with Gasteiger partial charge in [-0.3, -0.25) is 19.2 Å². The van der Waals surface area contributed by atoms with Gasteiger partial charge in [0.2, 0.25) is 11.6 Å². The first-order chi connectivity index (χ1) is 26.2. The molecule has 0 saturated carbocycles. The van der Waals surface area contributed by atoms with E-state index in [9.17, 15) is 19.2 Å². The number of nitrogens with zero attached hydrogens (tertiary/aromatic N) is 1. The van der Waals surface area contributed by atoms with E-state index in [1.54, 1.807) is 72.2 Å². The number of amides is 2. The van der Waals surface area contributed by atoms with E-state index < -0.39 is 0 Å². The molecule has 2 amide bonds. The predicted octanol–water partition coefficient (Wildman–Crippen LogP) is 9.38. The van der Waals surface area contributed by atoms with Crippen molar-refractivity contribution < 1.29 is 33.1 Å². The second kappa shape index (κ2) is 18.0. The Bertz CT molecular complexity index is 2370. The molecule has 7 rings (SSSR count). The van der Waals surface area contributed by atoms with Crippen LogP contribution in [0.1, 0.15) is 31.5 Å². The number of furan rings is 1. The summed E-state index contributed by atoms with van der Waals surface area (Å²) in [6.45, 7) is -0.481. The molecule has 2 N–H and O–H groups in total. The quantitative estimate of drug-likeness (QED) is 0.117. The molecule has 54 heavy (non-hydrogen) atoms. The first kappa shape index (κ1) is 37.5. The lowest BCUT2D eigenvalue weighted by Crippen LogP contribution is -2.20. The van der Waals surface area contributed by atoms with Crippen molar-refractivity contribution >= 4 is 80.3 Å². The SMILES string of the molecule is O=C(COc1ccc(Cl)cc1C(=O)c1cc2ccccc2o1)Nc1ccccc1.O=C(COc1ccc(Cl)cc1C(=O)c1nccs1)Nc1ccccc1. The number of carbonyl (C=O) groups excluding carboxylic acids is 4. The van der Waals surface area contributed by atoms with Crippen LogP contribution in [0.15, 0.2) is 143 Å². The van der Waals surface area contributed by atoms with Crippen LogP contribution in [-0.2, 0) is 9.59 Å². The van der Waals surface area contributed by atoms with Crippen molar-refractivity contribution in [1.82, 2.24) is 4.98 Å². The van der Waals surface area contributed by atoms with Gasteiger partial charge in [0.25, 0.3) is 11.8 Å². The zero-order chi connectivity index (χ0) is 37.9. The summed E-state index contributed by atoms with van der Waals surface area (Å²) in [5, 5.41) is 9.10. The third kappa shape index (κ3) is 9.98. The first-order valence-electron chi connectivity index (χ1n) is 16.3. The van der Waals surface area contributed by atoms with Crippen LogP contribution >= 0.6 is 34.5 Å². The Hall–Kier alpha value is -6.27. The fourth-order valence-corrected chi connectivity index (χ4v) is 5.95. The number of hydrogen-bond donors (Lipinski definition) is 2. The van der Waals surface area contributed by atoms with Crippen molar-refractivity contribution in [3.63, 3.8) is 0 Å². The summed E-state index contributed by atoms with van der Waals surface area (Å²) in [4.78, 5) is 53.7. The Labute approximate surface area is 323 Å². The molecule has 5 aromatic carbocycles. The molecule has 0 aliphatic carbocycles. The Balaban J connectivity index is 0.000000186. The summed E-state index contributed by atoms with van der Waals surface area (Å²) in [6, 6.07) is 36.5. The minimum atomic E-state index is -0.373. The second-order valence-electron chi connectivity index (χ2n) is 11.3. The number of ether oxygens (including phenoxy) is 2. The highest BCUT2D eigenvalue weighted by atomic mass is 35.5. The summed E-state index contributed by atoms with van der Waals surface area (Å²) in [6.07, 6.45) is 1.55. The van der Waals surface area contributed by atoms with Crippen molar-refractivity contribution in [3.05, 3.63) is 171 Å². The average molecular weight is 779 g/mol. The van der Waals surface area contributed by atoms with Crippen LogP contribution < -0.4 is 20.1 Å². The molecule has 0 fully saturated rings. The van der Waals surface area contributed by atoms with Gasteiger partial charge in [0, 0.05) is 38.4 Å². The predicted molar refractivity (Wildman–Crippen MR) is 209 cm³/mol. The topological polar surface area (TPSA) is 137 Å². The van der Waals surface area contributed by atoms with Crippen molar-refractivity contribution in [2.75, 3.05) is 23.8 Å². The van der Waals surface area contributed by atoms with Crippen molar-refractivity contribution in [1.29, 1.82) is 0 Å². The molecule has 0 spiro atoms. The molecular weight excluding hydrogens is 749 g/mol. The smallest absolute Gasteiger partial charge is 0.262 e. The van der Waals surface area contributed by atoms with Crippen LogP contribution in [0, 0.1) is 0 Å². The molecule has 13 heteroatoms. The number of para-hydroxylation sites is 3. The monoisotopic (exact) mass is 777 g/mol. The molecule has 0 atom stereocenters. The highest BCUT2D eigenvalue weighted by molar-refractivity contribution is 7.11. The van der Waals surface area contributed by atoms with Gasteiger partial charge in [-0.05, 0) is 72.8 Å².